The van der Waals surface area contributed by atoms with E-state index in [1.165, 1.54) is 14.1 Å². The highest BCUT2D eigenvalue weighted by molar-refractivity contribution is 5.85. The van der Waals surface area contributed by atoms with Crippen molar-refractivity contribution < 1.29 is 32.7 Å². The quantitative estimate of drug-likeness (QED) is 0.728. The molecule has 2 N–H and O–H groups in total. The summed E-state index contributed by atoms with van der Waals surface area (Å²) >= 11 is 0. The molecule has 19 heavy (non-hydrogen) atoms. The maximum atomic E-state index is 12.2. The Kier molecular flexibility index (Phi) is 6.09. The number of likely N-dealkylation sites (N-methyl/N-ethyl adjacent to an activating group) is 1. The number of carbonyl (C=O) groups excluding carboxylic acids is 2. The Hall–Kier alpha value is -2.00. The van der Waals surface area contributed by atoms with Crippen LogP contribution in [0.15, 0.2) is 0 Å². The average molecular weight is 285 g/mol. The summed E-state index contributed by atoms with van der Waals surface area (Å²) in [5.41, 5.74) is 0. The standard InChI is InChI=1S/C9H14F3N3O4/c1-14(2)6(16)3-13-8(19)15(4-7(17)18)5-9(10,11)12/h3-5H2,1-2H3,(H,13,19)(H,17,18). The Morgan fingerprint density at radius 1 is 1.21 bits per heavy atom. The number of nitrogens with one attached hydrogen (secondary N) is 1. The van der Waals surface area contributed by atoms with Gasteiger partial charge in [-0.1, -0.05) is 0 Å². The summed E-state index contributed by atoms with van der Waals surface area (Å²) in [7, 11) is 2.80. The zero-order chi connectivity index (χ0) is 15.2. The van der Waals surface area contributed by atoms with E-state index in [4.69, 9.17) is 5.11 Å². The Labute approximate surface area is 107 Å². The van der Waals surface area contributed by atoms with Gasteiger partial charge >= 0.3 is 18.2 Å². The van der Waals surface area contributed by atoms with Crippen LogP contribution < -0.4 is 5.32 Å². The molecule has 3 amide bonds. The second kappa shape index (κ2) is 6.81. The molecule has 0 fully saturated rings. The van der Waals surface area contributed by atoms with Crippen molar-refractivity contribution in [2.75, 3.05) is 33.7 Å². The highest BCUT2D eigenvalue weighted by Crippen LogP contribution is 2.16. The number of hydrogen-bond donors (Lipinski definition) is 2. The number of rotatable bonds is 5. The summed E-state index contributed by atoms with van der Waals surface area (Å²) in [5.74, 6) is -2.12. The third-order valence-corrected chi connectivity index (χ3v) is 1.87. The van der Waals surface area contributed by atoms with Crippen molar-refractivity contribution in [1.29, 1.82) is 0 Å². The van der Waals surface area contributed by atoms with Gasteiger partial charge in [0.1, 0.15) is 13.1 Å². The molecule has 0 radical (unpaired) electrons. The smallest absolute Gasteiger partial charge is 0.406 e. The number of carboxylic acids is 1. The summed E-state index contributed by atoms with van der Waals surface area (Å²) in [4.78, 5) is 34.1. The van der Waals surface area contributed by atoms with Crippen LogP contribution in [-0.2, 0) is 9.59 Å². The zero-order valence-corrected chi connectivity index (χ0v) is 10.3. The van der Waals surface area contributed by atoms with E-state index in [9.17, 15) is 27.6 Å². The number of hydrogen-bond acceptors (Lipinski definition) is 3. The fourth-order valence-electron chi connectivity index (χ4n) is 1.00. The van der Waals surface area contributed by atoms with Gasteiger partial charge in [-0.3, -0.25) is 9.59 Å². The van der Waals surface area contributed by atoms with Crippen molar-refractivity contribution in [2.45, 2.75) is 6.18 Å². The van der Waals surface area contributed by atoms with Gasteiger partial charge in [0.05, 0.1) is 6.54 Å². The lowest BCUT2D eigenvalue weighted by Gasteiger charge is -2.22. The van der Waals surface area contributed by atoms with Crippen LogP contribution in [0.5, 0.6) is 0 Å². The van der Waals surface area contributed by atoms with Crippen LogP contribution in [0.2, 0.25) is 0 Å². The molecule has 0 spiro atoms. The lowest BCUT2D eigenvalue weighted by atomic mass is 10.4. The number of carbonyl (C=O) groups is 3. The van der Waals surface area contributed by atoms with Crippen molar-refractivity contribution in [3.8, 4) is 0 Å². The Morgan fingerprint density at radius 2 is 1.74 bits per heavy atom. The van der Waals surface area contributed by atoms with Crippen LogP contribution in [0, 0.1) is 0 Å². The Morgan fingerprint density at radius 3 is 2.11 bits per heavy atom. The summed E-state index contributed by atoms with van der Waals surface area (Å²) < 4.78 is 36.5. The van der Waals surface area contributed by atoms with Crippen LogP contribution >= 0.6 is 0 Å². The average Bonchev–Trinajstić information content (AvgIpc) is 2.21. The molecule has 0 aliphatic rings. The van der Waals surface area contributed by atoms with Gasteiger partial charge in [0, 0.05) is 14.1 Å². The third-order valence-electron chi connectivity index (χ3n) is 1.87. The van der Waals surface area contributed by atoms with E-state index < -0.39 is 43.7 Å². The maximum Gasteiger partial charge on any atom is 0.406 e. The van der Waals surface area contributed by atoms with Crippen molar-refractivity contribution in [3.63, 3.8) is 0 Å². The summed E-state index contributed by atoms with van der Waals surface area (Å²) in [6.45, 7) is -3.33. The molecule has 0 aliphatic carbocycles. The zero-order valence-electron chi connectivity index (χ0n) is 10.3. The molecule has 0 unspecified atom stereocenters. The predicted molar refractivity (Wildman–Crippen MR) is 57.4 cm³/mol. The van der Waals surface area contributed by atoms with Gasteiger partial charge in [-0.2, -0.15) is 13.2 Å². The van der Waals surface area contributed by atoms with Gasteiger partial charge in [0.15, 0.2) is 0 Å². The van der Waals surface area contributed by atoms with Crippen LogP contribution in [0.25, 0.3) is 0 Å². The van der Waals surface area contributed by atoms with E-state index >= 15 is 0 Å². The van der Waals surface area contributed by atoms with Crippen molar-refractivity contribution in [1.82, 2.24) is 15.1 Å². The van der Waals surface area contributed by atoms with Crippen LogP contribution in [0.3, 0.4) is 0 Å². The lowest BCUT2D eigenvalue weighted by Crippen LogP contribution is -2.49. The molecule has 10 heteroatoms. The van der Waals surface area contributed by atoms with Gasteiger partial charge < -0.3 is 20.2 Å². The molecule has 0 bridgehead atoms. The molecule has 0 heterocycles. The van der Waals surface area contributed by atoms with Gasteiger partial charge in [-0.25, -0.2) is 4.79 Å². The molecule has 0 aromatic heterocycles. The first-order chi connectivity index (χ1) is 8.53. The van der Waals surface area contributed by atoms with Gasteiger partial charge in [-0.15, -0.1) is 0 Å². The number of nitrogens with zero attached hydrogens (tertiary/aromatic N) is 2. The van der Waals surface area contributed by atoms with E-state index in [0.29, 0.717) is 0 Å². The lowest BCUT2D eigenvalue weighted by molar-refractivity contribution is -0.148. The topological polar surface area (TPSA) is 90.0 Å². The number of urea groups is 1. The third kappa shape index (κ3) is 7.84. The van der Waals surface area contributed by atoms with Gasteiger partial charge in [0.25, 0.3) is 0 Å². The number of carboxylic acid groups (broad SMARTS) is 1. The summed E-state index contributed by atoms with van der Waals surface area (Å²) in [5, 5.41) is 10.4. The van der Waals surface area contributed by atoms with E-state index in [1.807, 2.05) is 5.32 Å². The van der Waals surface area contributed by atoms with Gasteiger partial charge in [0.2, 0.25) is 5.91 Å². The summed E-state index contributed by atoms with van der Waals surface area (Å²) in [6, 6.07) is -1.27. The summed E-state index contributed by atoms with van der Waals surface area (Å²) in [6.07, 6.45) is -4.72. The SMILES string of the molecule is CN(C)C(=O)CNC(=O)N(CC(=O)O)CC(F)(F)F. The van der Waals surface area contributed by atoms with Crippen molar-refractivity contribution in [3.05, 3.63) is 0 Å². The minimum absolute atomic E-state index is 0.0608. The van der Waals surface area contributed by atoms with Gasteiger partial charge in [-0.05, 0) is 0 Å². The first-order valence-corrected chi connectivity index (χ1v) is 5.04. The van der Waals surface area contributed by atoms with Crippen molar-refractivity contribution in [2.24, 2.45) is 0 Å². The molecular formula is C9H14F3N3O4. The maximum absolute atomic E-state index is 12.2. The minimum atomic E-state index is -4.72. The highest BCUT2D eigenvalue weighted by atomic mass is 19.4. The van der Waals surface area contributed by atoms with E-state index in [-0.39, 0.29) is 4.90 Å². The van der Waals surface area contributed by atoms with E-state index in [2.05, 4.69) is 0 Å². The predicted octanol–water partition coefficient (Wildman–Crippen LogP) is -0.267. The molecule has 0 saturated heterocycles. The minimum Gasteiger partial charge on any atom is -0.480 e. The molecule has 0 atom stereocenters. The first kappa shape index (κ1) is 17.0. The molecule has 110 valence electrons. The number of aliphatic carboxylic acids is 1. The molecule has 0 rings (SSSR count). The fraction of sp³-hybridized carbons (Fsp3) is 0.667. The van der Waals surface area contributed by atoms with Crippen LogP contribution in [-0.4, -0.2) is 72.7 Å². The normalized spacial score (nSPS) is 10.8. The molecule has 0 aliphatic heterocycles. The van der Waals surface area contributed by atoms with Crippen LogP contribution in [0.1, 0.15) is 0 Å². The largest absolute Gasteiger partial charge is 0.480 e. The highest BCUT2D eigenvalue weighted by Gasteiger charge is 2.34. The number of halogens is 3. The number of alkyl halides is 3. The molecule has 0 aromatic carbocycles. The molecule has 0 aromatic rings. The Bertz CT molecular complexity index is 357. The van der Waals surface area contributed by atoms with E-state index in [1.54, 1.807) is 0 Å². The monoisotopic (exact) mass is 285 g/mol. The van der Waals surface area contributed by atoms with E-state index in [0.717, 1.165) is 4.90 Å². The molecule has 7 nitrogen and oxygen atoms in total. The Balaban J connectivity index is 4.55. The van der Waals surface area contributed by atoms with Crippen LogP contribution in [0.4, 0.5) is 18.0 Å². The molecule has 0 saturated carbocycles. The van der Waals surface area contributed by atoms with Crippen molar-refractivity contribution >= 4 is 17.9 Å². The second-order valence-corrected chi connectivity index (χ2v) is 3.81. The second-order valence-electron chi connectivity index (χ2n) is 3.81. The fourth-order valence-corrected chi connectivity index (χ4v) is 1.00. The first-order valence-electron chi connectivity index (χ1n) is 5.04. The molecular weight excluding hydrogens is 271 g/mol. The number of amides is 3.